The number of nitrogens with two attached hydrogens (primary N) is 2. The van der Waals surface area contributed by atoms with Crippen LogP contribution >= 0.6 is 11.8 Å². The molecule has 2 aromatic rings. The molecule has 0 radical (unpaired) electrons. The summed E-state index contributed by atoms with van der Waals surface area (Å²) in [5, 5.41) is 32.7. The molecule has 13 heteroatoms. The van der Waals surface area contributed by atoms with Crippen LogP contribution in [0.25, 0.3) is 0 Å². The zero-order valence-corrected chi connectivity index (χ0v) is 25.5. The predicted molar refractivity (Wildman–Crippen MR) is 161 cm³/mol. The van der Waals surface area contributed by atoms with Gasteiger partial charge in [0.25, 0.3) is 5.91 Å². The number of hydrogen-bond donors (Lipinski definition) is 4. The van der Waals surface area contributed by atoms with Gasteiger partial charge in [0.2, 0.25) is 11.5 Å². The number of rotatable bonds is 10. The molecule has 1 aromatic carbocycles. The van der Waals surface area contributed by atoms with E-state index in [9.17, 15) is 30.0 Å². The molecule has 3 amide bonds. The molecule has 0 aliphatic carbocycles. The number of primary amides is 2. The number of piperidine rings is 1. The van der Waals surface area contributed by atoms with Crippen molar-refractivity contribution in [3.63, 3.8) is 0 Å². The lowest BCUT2D eigenvalue weighted by Gasteiger charge is -2.42. The molecule has 6 N–H and O–H groups in total. The molecule has 0 saturated carbocycles. The summed E-state index contributed by atoms with van der Waals surface area (Å²) in [6.07, 6.45) is 0.136. The number of hydrogen-bond acceptors (Lipinski definition) is 10. The molecular formula is C30H37N7O5S. The number of nitrogens with zero attached hydrogens (tertiary/aromatic N) is 4. The molecule has 1 aliphatic rings. The fourth-order valence-corrected chi connectivity index (χ4v) is 6.18. The number of nitrogens with one attached hydrogen (secondary N) is 1. The SMILES string of the molecule is CCc1c(C#N)c(SC(C(N)=O)c2ccccc2)nc(N2CCC(NC(=O)[C@@](CO)(OC(N)=O)C(C)(C)C)CC2)c1C#N. The second-order valence-corrected chi connectivity index (χ2v) is 12.3. The Bertz CT molecular complexity index is 1440. The van der Waals surface area contributed by atoms with Gasteiger partial charge in [-0.3, -0.25) is 9.59 Å². The maximum atomic E-state index is 13.3. The van der Waals surface area contributed by atoms with E-state index in [4.69, 9.17) is 21.2 Å². The monoisotopic (exact) mass is 607 g/mol. The Kier molecular flexibility index (Phi) is 10.6. The van der Waals surface area contributed by atoms with E-state index in [0.29, 0.717) is 54.3 Å². The van der Waals surface area contributed by atoms with E-state index in [0.717, 1.165) is 11.8 Å². The third kappa shape index (κ3) is 7.01. The highest BCUT2D eigenvalue weighted by molar-refractivity contribution is 8.00. The molecule has 12 nitrogen and oxygen atoms in total. The van der Waals surface area contributed by atoms with Crippen LogP contribution in [0.1, 0.15) is 68.0 Å². The largest absolute Gasteiger partial charge is 0.430 e. The van der Waals surface area contributed by atoms with Crippen LogP contribution in [-0.2, 0) is 20.7 Å². The van der Waals surface area contributed by atoms with Crippen molar-refractivity contribution in [3.8, 4) is 12.1 Å². The first-order valence-corrected chi connectivity index (χ1v) is 14.7. The number of aliphatic hydroxyl groups excluding tert-OH is 1. The number of anilines is 1. The minimum absolute atomic E-state index is 0.231. The average molecular weight is 608 g/mol. The van der Waals surface area contributed by atoms with Crippen molar-refractivity contribution < 1.29 is 24.2 Å². The zero-order chi connectivity index (χ0) is 31.9. The number of aromatic nitrogens is 1. The number of carbonyl (C=O) groups is 3. The maximum Gasteiger partial charge on any atom is 0.405 e. The smallest absolute Gasteiger partial charge is 0.405 e. The number of nitriles is 2. The molecule has 0 bridgehead atoms. The quantitative estimate of drug-likeness (QED) is 0.290. The summed E-state index contributed by atoms with van der Waals surface area (Å²) in [6, 6.07) is 13.0. The standard InChI is InChI=1S/C30H37N7O5S/c1-5-20-21(15-31)25(36-26(22(20)16-32)43-23(24(33)39)18-9-7-6-8-10-18)37-13-11-19(12-14-37)35-27(40)30(17-38,29(2,3)4)42-28(34)41/h6-10,19,23,38H,5,11-14,17H2,1-4H3,(H2,33,39)(H2,34,41)(H,35,40)/t23?,30-/m1/s1. The summed E-state index contributed by atoms with van der Waals surface area (Å²) in [4.78, 5) is 44.0. The predicted octanol–water partition coefficient (Wildman–Crippen LogP) is 2.66. The summed E-state index contributed by atoms with van der Waals surface area (Å²) in [5.74, 6) is -0.852. The van der Waals surface area contributed by atoms with Gasteiger partial charge < -0.3 is 31.5 Å². The molecule has 2 atom stereocenters. The lowest BCUT2D eigenvalue weighted by Crippen LogP contribution is -2.63. The van der Waals surface area contributed by atoms with Gasteiger partial charge in [0, 0.05) is 24.5 Å². The fraction of sp³-hybridized carbons (Fsp3) is 0.467. The van der Waals surface area contributed by atoms with E-state index in [1.54, 1.807) is 45.0 Å². The van der Waals surface area contributed by atoms with Gasteiger partial charge in [0.15, 0.2) is 0 Å². The first kappa shape index (κ1) is 33.2. The Balaban J connectivity index is 1.91. The topological polar surface area (TPSA) is 208 Å². The Hall–Kier alpha value is -4.33. The molecule has 1 saturated heterocycles. The van der Waals surface area contributed by atoms with Crippen molar-refractivity contribution in [2.24, 2.45) is 16.9 Å². The molecule has 43 heavy (non-hydrogen) atoms. The lowest BCUT2D eigenvalue weighted by atomic mass is 9.75. The highest BCUT2D eigenvalue weighted by atomic mass is 32.2. The minimum atomic E-state index is -1.88. The van der Waals surface area contributed by atoms with Crippen LogP contribution in [0.2, 0.25) is 0 Å². The molecule has 1 aromatic heterocycles. The van der Waals surface area contributed by atoms with E-state index in [1.165, 1.54) is 0 Å². The molecule has 2 heterocycles. The highest BCUT2D eigenvalue weighted by Crippen LogP contribution is 2.40. The Morgan fingerprint density at radius 1 is 1.14 bits per heavy atom. The average Bonchev–Trinajstić information content (AvgIpc) is 2.97. The first-order chi connectivity index (χ1) is 20.3. The Morgan fingerprint density at radius 2 is 1.74 bits per heavy atom. The lowest BCUT2D eigenvalue weighted by molar-refractivity contribution is -0.160. The van der Waals surface area contributed by atoms with Crippen molar-refractivity contribution in [3.05, 3.63) is 52.6 Å². The number of amides is 3. The number of benzene rings is 1. The van der Waals surface area contributed by atoms with Gasteiger partial charge in [-0.15, -0.1) is 0 Å². The molecule has 1 unspecified atom stereocenters. The highest BCUT2D eigenvalue weighted by Gasteiger charge is 2.52. The molecular weight excluding hydrogens is 570 g/mol. The molecule has 1 fully saturated rings. The summed E-state index contributed by atoms with van der Waals surface area (Å²) in [6.45, 7) is 6.89. The van der Waals surface area contributed by atoms with Gasteiger partial charge in [-0.2, -0.15) is 10.5 Å². The summed E-state index contributed by atoms with van der Waals surface area (Å²) in [7, 11) is 0. The van der Waals surface area contributed by atoms with Crippen LogP contribution in [0.15, 0.2) is 35.4 Å². The third-order valence-corrected chi connectivity index (χ3v) is 8.88. The van der Waals surface area contributed by atoms with Gasteiger partial charge in [0.05, 0.1) is 17.7 Å². The van der Waals surface area contributed by atoms with Gasteiger partial charge in [0.1, 0.15) is 28.2 Å². The van der Waals surface area contributed by atoms with E-state index in [-0.39, 0.29) is 17.2 Å². The summed E-state index contributed by atoms with van der Waals surface area (Å²) < 4.78 is 5.18. The summed E-state index contributed by atoms with van der Waals surface area (Å²) >= 11 is 1.07. The minimum Gasteiger partial charge on any atom is -0.430 e. The van der Waals surface area contributed by atoms with Crippen molar-refractivity contribution >= 4 is 35.5 Å². The summed E-state index contributed by atoms with van der Waals surface area (Å²) in [5.41, 5.74) is 9.85. The van der Waals surface area contributed by atoms with E-state index in [1.807, 2.05) is 17.9 Å². The van der Waals surface area contributed by atoms with Crippen LogP contribution in [0.4, 0.5) is 10.6 Å². The molecule has 3 rings (SSSR count). The first-order valence-electron chi connectivity index (χ1n) is 13.9. The van der Waals surface area contributed by atoms with E-state index >= 15 is 0 Å². The van der Waals surface area contributed by atoms with Gasteiger partial charge in [-0.05, 0) is 30.4 Å². The number of thioether (sulfide) groups is 1. The van der Waals surface area contributed by atoms with Crippen LogP contribution in [-0.4, -0.2) is 59.3 Å². The van der Waals surface area contributed by atoms with Gasteiger partial charge >= 0.3 is 6.09 Å². The molecule has 0 spiro atoms. The molecule has 228 valence electrons. The van der Waals surface area contributed by atoms with Gasteiger partial charge in [-0.25, -0.2) is 9.78 Å². The van der Waals surface area contributed by atoms with Gasteiger partial charge in [-0.1, -0.05) is 69.8 Å². The second-order valence-electron chi connectivity index (χ2n) is 11.2. The van der Waals surface area contributed by atoms with E-state index < -0.39 is 40.8 Å². The third-order valence-electron chi connectivity index (χ3n) is 7.62. The van der Waals surface area contributed by atoms with Crippen molar-refractivity contribution in [2.45, 2.75) is 68.9 Å². The van der Waals surface area contributed by atoms with Crippen molar-refractivity contribution in [1.29, 1.82) is 10.5 Å². The number of ether oxygens (including phenoxy) is 1. The van der Waals surface area contributed by atoms with Crippen molar-refractivity contribution in [2.75, 3.05) is 24.6 Å². The second kappa shape index (κ2) is 13.8. The van der Waals surface area contributed by atoms with Crippen LogP contribution in [0.5, 0.6) is 0 Å². The number of aliphatic hydroxyl groups is 1. The Labute approximate surface area is 255 Å². The van der Waals surface area contributed by atoms with E-state index in [2.05, 4.69) is 17.5 Å². The van der Waals surface area contributed by atoms with Crippen LogP contribution in [0, 0.1) is 28.1 Å². The fourth-order valence-electron chi connectivity index (χ4n) is 5.12. The Morgan fingerprint density at radius 3 is 2.21 bits per heavy atom. The molecule has 1 aliphatic heterocycles. The van der Waals surface area contributed by atoms with Crippen LogP contribution < -0.4 is 21.7 Å². The zero-order valence-electron chi connectivity index (χ0n) is 24.7. The number of pyridine rings is 1. The van der Waals surface area contributed by atoms with Crippen LogP contribution in [0.3, 0.4) is 0 Å². The number of carbonyl (C=O) groups excluding carboxylic acids is 3. The maximum absolute atomic E-state index is 13.3. The van der Waals surface area contributed by atoms with Crippen molar-refractivity contribution in [1.82, 2.24) is 10.3 Å². The normalized spacial score (nSPS) is 15.8.